The van der Waals surface area contributed by atoms with E-state index in [0.717, 1.165) is 24.6 Å². The maximum Gasteiger partial charge on any atom is 0.0827 e. The van der Waals surface area contributed by atoms with Gasteiger partial charge in [0.25, 0.3) is 0 Å². The van der Waals surface area contributed by atoms with E-state index in [1.54, 1.807) is 0 Å². The average Bonchev–Trinajstić information content (AvgIpc) is 2.61. The summed E-state index contributed by atoms with van der Waals surface area (Å²) in [6, 6.07) is 0. The van der Waals surface area contributed by atoms with Crippen molar-refractivity contribution in [2.24, 2.45) is 11.3 Å². The summed E-state index contributed by atoms with van der Waals surface area (Å²) >= 11 is 0. The Labute approximate surface area is 106 Å². The van der Waals surface area contributed by atoms with E-state index in [9.17, 15) is 0 Å². The lowest BCUT2D eigenvalue weighted by molar-refractivity contribution is 0.365. The van der Waals surface area contributed by atoms with Gasteiger partial charge in [0.05, 0.1) is 5.69 Å². The van der Waals surface area contributed by atoms with Crippen LogP contribution in [0.15, 0.2) is 6.20 Å². The van der Waals surface area contributed by atoms with Crippen LogP contribution in [-0.2, 0) is 13.0 Å². The van der Waals surface area contributed by atoms with E-state index in [1.165, 1.54) is 19.3 Å². The molecular weight excluding hydrogens is 210 g/mol. The molecule has 3 heteroatoms. The van der Waals surface area contributed by atoms with Gasteiger partial charge in [0, 0.05) is 12.7 Å². The number of aryl methyl sites for hydroxylation is 2. The van der Waals surface area contributed by atoms with E-state index in [2.05, 4.69) is 51.1 Å². The number of rotatable bonds is 6. The second-order valence-electron chi connectivity index (χ2n) is 6.57. The van der Waals surface area contributed by atoms with Gasteiger partial charge < -0.3 is 0 Å². The maximum absolute atomic E-state index is 4.23. The fourth-order valence-electron chi connectivity index (χ4n) is 1.75. The molecule has 0 fully saturated rings. The maximum atomic E-state index is 4.23. The van der Waals surface area contributed by atoms with E-state index in [4.69, 9.17) is 0 Å². The van der Waals surface area contributed by atoms with Crippen LogP contribution in [-0.4, -0.2) is 15.0 Å². The molecule has 1 rings (SSSR count). The Kier molecular flexibility index (Phi) is 5.16. The van der Waals surface area contributed by atoms with Crippen LogP contribution in [0.1, 0.15) is 59.6 Å². The molecule has 98 valence electrons. The van der Waals surface area contributed by atoms with Gasteiger partial charge in [-0.2, -0.15) is 0 Å². The molecule has 0 spiro atoms. The molecule has 0 aliphatic carbocycles. The standard InChI is InChI=1S/C14H27N3/c1-12(2)8-10-17-11-13(15-16-17)7-6-9-14(3,4)5/h11-12H,6-10H2,1-5H3. The second-order valence-corrected chi connectivity index (χ2v) is 6.57. The number of hydrogen-bond donors (Lipinski definition) is 0. The Hall–Kier alpha value is -0.860. The van der Waals surface area contributed by atoms with Gasteiger partial charge in [-0.25, -0.2) is 0 Å². The number of hydrogen-bond acceptors (Lipinski definition) is 2. The molecule has 1 aromatic rings. The van der Waals surface area contributed by atoms with E-state index < -0.39 is 0 Å². The molecule has 0 radical (unpaired) electrons. The van der Waals surface area contributed by atoms with Gasteiger partial charge in [0.15, 0.2) is 0 Å². The summed E-state index contributed by atoms with van der Waals surface area (Å²) < 4.78 is 1.98. The molecular formula is C14H27N3. The molecule has 0 saturated heterocycles. The average molecular weight is 237 g/mol. The molecule has 1 heterocycles. The molecule has 0 saturated carbocycles. The van der Waals surface area contributed by atoms with E-state index in [1.807, 2.05) is 4.68 Å². The van der Waals surface area contributed by atoms with Gasteiger partial charge in [-0.15, -0.1) is 5.10 Å². The summed E-state index contributed by atoms with van der Waals surface area (Å²) in [7, 11) is 0. The van der Waals surface area contributed by atoms with Crippen LogP contribution in [0, 0.1) is 11.3 Å². The summed E-state index contributed by atoms with van der Waals surface area (Å²) in [6.07, 6.45) is 6.77. The Morgan fingerprint density at radius 3 is 2.59 bits per heavy atom. The Morgan fingerprint density at radius 1 is 1.29 bits per heavy atom. The third-order valence-corrected chi connectivity index (χ3v) is 2.88. The van der Waals surface area contributed by atoms with Gasteiger partial charge in [0.1, 0.15) is 0 Å². The van der Waals surface area contributed by atoms with Crippen LogP contribution >= 0.6 is 0 Å². The highest BCUT2D eigenvalue weighted by molar-refractivity contribution is 4.92. The fourth-order valence-corrected chi connectivity index (χ4v) is 1.75. The minimum absolute atomic E-state index is 0.424. The van der Waals surface area contributed by atoms with Crippen molar-refractivity contribution in [1.29, 1.82) is 0 Å². The summed E-state index contributed by atoms with van der Waals surface area (Å²) in [5, 5.41) is 8.40. The molecule has 0 aliphatic rings. The van der Waals surface area contributed by atoms with Gasteiger partial charge in [0.2, 0.25) is 0 Å². The van der Waals surface area contributed by atoms with Crippen LogP contribution in [0.25, 0.3) is 0 Å². The Morgan fingerprint density at radius 2 is 2.00 bits per heavy atom. The van der Waals surface area contributed by atoms with Gasteiger partial charge in [-0.3, -0.25) is 4.68 Å². The van der Waals surface area contributed by atoms with Gasteiger partial charge in [-0.1, -0.05) is 39.8 Å². The summed E-state index contributed by atoms with van der Waals surface area (Å²) in [4.78, 5) is 0. The van der Waals surface area contributed by atoms with Crippen LogP contribution in [0.4, 0.5) is 0 Å². The second kappa shape index (κ2) is 6.18. The SMILES string of the molecule is CC(C)CCn1cc(CCCC(C)(C)C)nn1. The number of nitrogens with zero attached hydrogens (tertiary/aromatic N) is 3. The molecule has 0 bridgehead atoms. The lowest BCUT2D eigenvalue weighted by Crippen LogP contribution is -2.05. The lowest BCUT2D eigenvalue weighted by Gasteiger charge is -2.16. The molecule has 0 amide bonds. The Bertz CT molecular complexity index is 320. The monoisotopic (exact) mass is 237 g/mol. The fraction of sp³-hybridized carbons (Fsp3) is 0.857. The highest BCUT2D eigenvalue weighted by Gasteiger charge is 2.10. The molecule has 0 aliphatic heterocycles. The van der Waals surface area contributed by atoms with Crippen molar-refractivity contribution in [3.05, 3.63) is 11.9 Å². The molecule has 1 aromatic heterocycles. The largest absolute Gasteiger partial charge is 0.252 e. The lowest BCUT2D eigenvalue weighted by atomic mass is 9.89. The van der Waals surface area contributed by atoms with Crippen LogP contribution in [0.5, 0.6) is 0 Å². The zero-order chi connectivity index (χ0) is 12.9. The molecule has 17 heavy (non-hydrogen) atoms. The third-order valence-electron chi connectivity index (χ3n) is 2.88. The van der Waals surface area contributed by atoms with Crippen molar-refractivity contribution >= 4 is 0 Å². The van der Waals surface area contributed by atoms with Crippen molar-refractivity contribution in [2.45, 2.75) is 66.8 Å². The topological polar surface area (TPSA) is 30.7 Å². The normalized spacial score (nSPS) is 12.4. The first-order valence-corrected chi connectivity index (χ1v) is 6.76. The van der Waals surface area contributed by atoms with E-state index in [0.29, 0.717) is 5.41 Å². The number of aromatic nitrogens is 3. The first kappa shape index (κ1) is 14.2. The molecule has 0 N–H and O–H groups in total. The smallest absolute Gasteiger partial charge is 0.0827 e. The quantitative estimate of drug-likeness (QED) is 0.755. The summed E-state index contributed by atoms with van der Waals surface area (Å²) in [5.41, 5.74) is 1.56. The summed E-state index contributed by atoms with van der Waals surface area (Å²) in [5.74, 6) is 0.726. The van der Waals surface area contributed by atoms with Crippen molar-refractivity contribution in [2.75, 3.05) is 0 Å². The van der Waals surface area contributed by atoms with Crippen molar-refractivity contribution in [1.82, 2.24) is 15.0 Å². The highest BCUT2D eigenvalue weighted by Crippen LogP contribution is 2.21. The molecule has 0 unspecified atom stereocenters. The first-order chi connectivity index (χ1) is 7.87. The molecule has 0 atom stereocenters. The van der Waals surface area contributed by atoms with Crippen LogP contribution in [0.2, 0.25) is 0 Å². The minimum atomic E-state index is 0.424. The van der Waals surface area contributed by atoms with Crippen molar-refractivity contribution < 1.29 is 0 Å². The molecule has 3 nitrogen and oxygen atoms in total. The van der Waals surface area contributed by atoms with Crippen molar-refractivity contribution in [3.8, 4) is 0 Å². The summed E-state index contributed by atoms with van der Waals surface area (Å²) in [6.45, 7) is 12.3. The van der Waals surface area contributed by atoms with E-state index in [-0.39, 0.29) is 0 Å². The predicted molar refractivity (Wildman–Crippen MR) is 71.9 cm³/mol. The molecule has 0 aromatic carbocycles. The van der Waals surface area contributed by atoms with Crippen LogP contribution < -0.4 is 0 Å². The zero-order valence-corrected chi connectivity index (χ0v) is 12.0. The van der Waals surface area contributed by atoms with Gasteiger partial charge >= 0.3 is 0 Å². The van der Waals surface area contributed by atoms with Crippen LogP contribution in [0.3, 0.4) is 0 Å². The zero-order valence-electron chi connectivity index (χ0n) is 12.0. The highest BCUT2D eigenvalue weighted by atomic mass is 15.4. The third kappa shape index (κ3) is 6.44. The van der Waals surface area contributed by atoms with Crippen molar-refractivity contribution in [3.63, 3.8) is 0 Å². The first-order valence-electron chi connectivity index (χ1n) is 6.76. The van der Waals surface area contributed by atoms with Gasteiger partial charge in [-0.05, 0) is 37.0 Å². The predicted octanol–water partition coefficient (Wildman–Crippen LogP) is 3.69. The van der Waals surface area contributed by atoms with E-state index >= 15 is 0 Å². The minimum Gasteiger partial charge on any atom is -0.252 e. The Balaban J connectivity index is 2.31.